The molecular formula is C46H43N3O6S. The van der Waals surface area contributed by atoms with Crippen molar-refractivity contribution in [1.82, 2.24) is 5.32 Å². The average Bonchev–Trinajstić information content (AvgIpc) is 3.23. The normalized spacial score (nSPS) is 16.4. The third-order valence-corrected chi connectivity index (χ3v) is 10.3. The molecule has 1 fully saturated rings. The lowest BCUT2D eigenvalue weighted by atomic mass is 9.99. The fourth-order valence-electron chi connectivity index (χ4n) is 6.36. The first-order valence-corrected chi connectivity index (χ1v) is 19.4. The van der Waals surface area contributed by atoms with Gasteiger partial charge in [0, 0.05) is 47.5 Å². The Morgan fingerprint density at radius 3 is 2.11 bits per heavy atom. The van der Waals surface area contributed by atoms with E-state index in [9.17, 15) is 14.7 Å². The number of aliphatic hydroxyl groups excluding tert-OH is 1. The summed E-state index contributed by atoms with van der Waals surface area (Å²) in [5.74, 6) is 2.03. The van der Waals surface area contributed by atoms with Gasteiger partial charge in [-0.3, -0.25) is 4.79 Å². The predicted octanol–water partition coefficient (Wildman–Crippen LogP) is 10.3. The van der Waals surface area contributed by atoms with E-state index in [0.717, 1.165) is 49.7 Å². The number of nitrogens with one attached hydrogen (secondary N) is 3. The summed E-state index contributed by atoms with van der Waals surface area (Å²) >= 11 is 1.70. The van der Waals surface area contributed by atoms with Crippen molar-refractivity contribution in [1.29, 1.82) is 0 Å². The molecule has 0 bridgehead atoms. The third-order valence-electron chi connectivity index (χ3n) is 9.19. The monoisotopic (exact) mass is 765 g/mol. The maximum atomic E-state index is 12.8. The summed E-state index contributed by atoms with van der Waals surface area (Å²) < 4.78 is 19.1. The van der Waals surface area contributed by atoms with Crippen LogP contribution in [0.15, 0.2) is 157 Å². The van der Waals surface area contributed by atoms with E-state index < -0.39 is 6.29 Å². The lowest BCUT2D eigenvalue weighted by Gasteiger charge is -2.36. The van der Waals surface area contributed by atoms with E-state index in [1.165, 1.54) is 6.92 Å². The molecule has 4 N–H and O–H groups in total. The number of amides is 3. The summed E-state index contributed by atoms with van der Waals surface area (Å²) in [7, 11) is 0. The van der Waals surface area contributed by atoms with Crippen LogP contribution in [-0.4, -0.2) is 28.9 Å². The molecular weight excluding hydrogens is 723 g/mol. The van der Waals surface area contributed by atoms with Crippen LogP contribution in [0.25, 0.3) is 11.1 Å². The third kappa shape index (κ3) is 10.6. The van der Waals surface area contributed by atoms with Crippen LogP contribution in [0.3, 0.4) is 0 Å². The zero-order valence-electron chi connectivity index (χ0n) is 30.9. The van der Waals surface area contributed by atoms with Crippen molar-refractivity contribution in [3.63, 3.8) is 0 Å². The number of hydrogen-bond acceptors (Lipinski definition) is 7. The van der Waals surface area contributed by atoms with Gasteiger partial charge in [0.2, 0.25) is 5.91 Å². The predicted molar refractivity (Wildman–Crippen MR) is 221 cm³/mol. The van der Waals surface area contributed by atoms with Gasteiger partial charge < -0.3 is 35.3 Å². The van der Waals surface area contributed by atoms with Crippen molar-refractivity contribution < 1.29 is 28.9 Å². The summed E-state index contributed by atoms with van der Waals surface area (Å²) in [5, 5.41) is 18.3. The molecule has 0 aliphatic carbocycles. The Kier molecular flexibility index (Phi) is 12.8. The first kappa shape index (κ1) is 38.4. The molecule has 1 aliphatic rings. The van der Waals surface area contributed by atoms with Gasteiger partial charge >= 0.3 is 6.03 Å². The number of anilines is 2. The second-order valence-corrected chi connectivity index (χ2v) is 14.5. The number of para-hydroxylation sites is 1. The first-order valence-electron chi connectivity index (χ1n) is 18.4. The maximum Gasteiger partial charge on any atom is 0.319 e. The van der Waals surface area contributed by atoms with Gasteiger partial charge in [-0.25, -0.2) is 4.79 Å². The lowest BCUT2D eigenvalue weighted by Crippen LogP contribution is -2.31. The van der Waals surface area contributed by atoms with Gasteiger partial charge in [0.1, 0.15) is 11.5 Å². The summed E-state index contributed by atoms with van der Waals surface area (Å²) in [6.45, 7) is 1.82. The van der Waals surface area contributed by atoms with Crippen LogP contribution in [0.5, 0.6) is 11.5 Å². The lowest BCUT2D eigenvalue weighted by molar-refractivity contribution is -0.245. The van der Waals surface area contributed by atoms with Crippen molar-refractivity contribution in [2.24, 2.45) is 0 Å². The molecule has 6 aromatic carbocycles. The van der Waals surface area contributed by atoms with Crippen molar-refractivity contribution in [3.05, 3.63) is 174 Å². The SMILES string of the molecule is CC(=O)Nc1ccc(SC[C@@H]2C[C@H](c3ccc(CO)cc3)O[C@H](c3cccc(-c4cccc(CNC(=O)Nc5ccc(Oc6ccccc6)cc5)c4)c3)O2)cc1. The van der Waals surface area contributed by atoms with Crippen LogP contribution in [0.1, 0.15) is 48.0 Å². The maximum absolute atomic E-state index is 12.8. The Balaban J connectivity index is 0.999. The van der Waals surface area contributed by atoms with Gasteiger partial charge in [0.15, 0.2) is 6.29 Å². The van der Waals surface area contributed by atoms with Crippen molar-refractivity contribution in [2.75, 3.05) is 16.4 Å². The van der Waals surface area contributed by atoms with Crippen LogP contribution in [0.2, 0.25) is 0 Å². The summed E-state index contributed by atoms with van der Waals surface area (Å²) in [6.07, 6.45) is -0.256. The molecule has 0 radical (unpaired) electrons. The van der Waals surface area contributed by atoms with E-state index >= 15 is 0 Å². The molecule has 1 aliphatic heterocycles. The molecule has 1 heterocycles. The highest BCUT2D eigenvalue weighted by molar-refractivity contribution is 7.99. The number of carbonyl (C=O) groups is 2. The Morgan fingerprint density at radius 1 is 0.696 bits per heavy atom. The molecule has 56 heavy (non-hydrogen) atoms. The van der Waals surface area contributed by atoms with Gasteiger partial charge in [-0.2, -0.15) is 0 Å². The minimum atomic E-state index is -0.605. The number of thioether (sulfide) groups is 1. The van der Waals surface area contributed by atoms with Crippen molar-refractivity contribution >= 4 is 35.1 Å². The van der Waals surface area contributed by atoms with Gasteiger partial charge in [0.25, 0.3) is 0 Å². The number of carbonyl (C=O) groups excluding carboxylic acids is 2. The molecule has 6 aromatic rings. The molecule has 10 heteroatoms. The molecule has 3 atom stereocenters. The van der Waals surface area contributed by atoms with Crippen molar-refractivity contribution in [3.8, 4) is 22.6 Å². The Hall–Kier alpha value is -5.91. The van der Waals surface area contributed by atoms with E-state index in [2.05, 4.69) is 34.1 Å². The second kappa shape index (κ2) is 18.6. The Bertz CT molecular complexity index is 2220. The number of aliphatic hydroxyl groups is 1. The number of benzene rings is 6. The smallest absolute Gasteiger partial charge is 0.319 e. The number of urea groups is 1. The minimum absolute atomic E-state index is 0.0186. The minimum Gasteiger partial charge on any atom is -0.457 e. The quantitative estimate of drug-likeness (QED) is 0.0865. The van der Waals surface area contributed by atoms with Crippen LogP contribution < -0.4 is 20.7 Å². The number of hydrogen-bond donors (Lipinski definition) is 4. The van der Waals surface area contributed by atoms with Crippen LogP contribution in [0, 0.1) is 0 Å². The van der Waals surface area contributed by atoms with E-state index in [1.54, 1.807) is 23.9 Å². The van der Waals surface area contributed by atoms with Gasteiger partial charge in [-0.1, -0.05) is 78.9 Å². The topological polar surface area (TPSA) is 118 Å². The average molecular weight is 766 g/mol. The van der Waals surface area contributed by atoms with Crippen LogP contribution in [0.4, 0.5) is 16.2 Å². The molecule has 1 saturated heterocycles. The molecule has 3 amide bonds. The zero-order chi connectivity index (χ0) is 38.7. The number of ether oxygens (including phenoxy) is 3. The molecule has 284 valence electrons. The molecule has 0 spiro atoms. The first-order chi connectivity index (χ1) is 27.4. The summed E-state index contributed by atoms with van der Waals surface area (Å²) in [6, 6.07) is 48.4. The summed E-state index contributed by atoms with van der Waals surface area (Å²) in [4.78, 5) is 25.3. The number of rotatable bonds is 13. The molecule has 0 unspecified atom stereocenters. The highest BCUT2D eigenvalue weighted by atomic mass is 32.2. The van der Waals surface area contributed by atoms with E-state index in [-0.39, 0.29) is 30.8 Å². The van der Waals surface area contributed by atoms with Gasteiger partial charge in [0.05, 0.1) is 18.8 Å². The Morgan fingerprint density at radius 2 is 1.38 bits per heavy atom. The molecule has 0 saturated carbocycles. The van der Waals surface area contributed by atoms with Crippen molar-refractivity contribution in [2.45, 2.75) is 49.9 Å². The molecule has 7 rings (SSSR count). The largest absolute Gasteiger partial charge is 0.457 e. The fourth-order valence-corrected chi connectivity index (χ4v) is 7.29. The highest BCUT2D eigenvalue weighted by Crippen LogP contribution is 2.40. The van der Waals surface area contributed by atoms with Crippen LogP contribution >= 0.6 is 11.8 Å². The van der Waals surface area contributed by atoms with Crippen LogP contribution in [-0.2, 0) is 27.4 Å². The summed E-state index contributed by atoms with van der Waals surface area (Å²) in [5.41, 5.74) is 7.14. The van der Waals surface area contributed by atoms with E-state index in [4.69, 9.17) is 14.2 Å². The second-order valence-electron chi connectivity index (χ2n) is 13.4. The van der Waals surface area contributed by atoms with E-state index in [0.29, 0.717) is 30.2 Å². The molecule has 9 nitrogen and oxygen atoms in total. The van der Waals surface area contributed by atoms with E-state index in [1.807, 2.05) is 121 Å². The van der Waals surface area contributed by atoms with Gasteiger partial charge in [-0.15, -0.1) is 11.8 Å². The Labute approximate surface area is 331 Å². The zero-order valence-corrected chi connectivity index (χ0v) is 31.7. The molecule has 0 aromatic heterocycles. The fraction of sp³-hybridized carbons (Fsp3) is 0.174. The highest BCUT2D eigenvalue weighted by Gasteiger charge is 2.32. The van der Waals surface area contributed by atoms with Gasteiger partial charge in [-0.05, 0) is 101 Å². The standard InChI is InChI=1S/C46H43N3O6S/c1-31(51)48-38-19-23-43(24-20-38)56-30-42-27-44(34-15-13-32(29-50)14-16-34)55-45(54-42)37-10-6-9-36(26-37)35-8-5-7-33(25-35)28-47-46(52)49-39-17-21-41(22-18-39)53-40-11-3-2-4-12-40/h2-26,42,44-45,50H,27-30H2,1H3,(H,48,51)(H2,47,49,52)/t42-,44+,45+/m0/s1.